The molecule has 0 radical (unpaired) electrons. The van der Waals surface area contributed by atoms with E-state index >= 15 is 0 Å². The molecule has 94 valence electrons. The smallest absolute Gasteiger partial charge is 0.203 e. The van der Waals surface area contributed by atoms with Gasteiger partial charge in [-0.1, -0.05) is 19.1 Å². The van der Waals surface area contributed by atoms with Crippen molar-refractivity contribution in [1.82, 2.24) is 4.98 Å². The van der Waals surface area contributed by atoms with Crippen molar-refractivity contribution in [3.05, 3.63) is 41.4 Å². The molecule has 0 fully saturated rings. The Balaban J connectivity index is 1.94. The van der Waals surface area contributed by atoms with Crippen molar-refractivity contribution in [2.45, 2.75) is 13.3 Å². The summed E-state index contributed by atoms with van der Waals surface area (Å²) in [7, 11) is 0. The molecule has 0 aliphatic rings. The van der Waals surface area contributed by atoms with E-state index in [-0.39, 0.29) is 0 Å². The summed E-state index contributed by atoms with van der Waals surface area (Å²) in [6.07, 6.45) is 4.49. The molecule has 0 spiro atoms. The van der Waals surface area contributed by atoms with Crippen molar-refractivity contribution in [2.24, 2.45) is 5.10 Å². The third-order valence-corrected chi connectivity index (χ3v) is 2.81. The molecule has 1 aromatic carbocycles. The van der Waals surface area contributed by atoms with Gasteiger partial charge >= 0.3 is 0 Å². The lowest BCUT2D eigenvalue weighted by Gasteiger charge is -2.04. The Hall–Kier alpha value is -1.88. The first-order valence-electron chi connectivity index (χ1n) is 5.80. The van der Waals surface area contributed by atoms with Crippen LogP contribution < -0.4 is 10.2 Å². The maximum atomic E-state index is 5.56. The second-order valence-electron chi connectivity index (χ2n) is 3.63. The van der Waals surface area contributed by atoms with Gasteiger partial charge in [0.2, 0.25) is 5.13 Å². The van der Waals surface area contributed by atoms with E-state index < -0.39 is 0 Å². The minimum atomic E-state index is 0.734. The molecule has 2 rings (SSSR count). The number of rotatable bonds is 6. The normalized spacial score (nSPS) is 10.7. The molecule has 18 heavy (non-hydrogen) atoms. The summed E-state index contributed by atoms with van der Waals surface area (Å²) in [5.41, 5.74) is 3.86. The van der Waals surface area contributed by atoms with Crippen LogP contribution >= 0.6 is 11.3 Å². The van der Waals surface area contributed by atoms with Crippen molar-refractivity contribution >= 4 is 22.7 Å². The Morgan fingerprint density at radius 2 is 2.44 bits per heavy atom. The van der Waals surface area contributed by atoms with Crippen LogP contribution in [0.4, 0.5) is 5.13 Å². The second kappa shape index (κ2) is 6.76. The first kappa shape index (κ1) is 12.6. The Bertz CT molecular complexity index is 497. The molecule has 1 aromatic heterocycles. The van der Waals surface area contributed by atoms with Gasteiger partial charge in [-0.15, -0.1) is 11.3 Å². The largest absolute Gasteiger partial charge is 0.494 e. The van der Waals surface area contributed by atoms with Gasteiger partial charge < -0.3 is 4.74 Å². The van der Waals surface area contributed by atoms with Crippen molar-refractivity contribution < 1.29 is 4.74 Å². The van der Waals surface area contributed by atoms with Crippen LogP contribution in [-0.4, -0.2) is 17.8 Å². The fourth-order valence-electron chi connectivity index (χ4n) is 1.35. The van der Waals surface area contributed by atoms with Gasteiger partial charge in [0, 0.05) is 11.6 Å². The molecule has 0 amide bonds. The standard InChI is InChI=1S/C13H15N3OS/c1-2-7-17-12-5-3-4-11(9-12)10-15-16-13-14-6-8-18-13/h3-6,8-10H,2,7H2,1H3,(H,14,16)/b15-10+. The maximum Gasteiger partial charge on any atom is 0.203 e. The molecule has 0 aliphatic carbocycles. The fraction of sp³-hybridized carbons (Fsp3) is 0.231. The highest BCUT2D eigenvalue weighted by molar-refractivity contribution is 7.13. The summed E-state index contributed by atoms with van der Waals surface area (Å²) in [5, 5.41) is 6.80. The van der Waals surface area contributed by atoms with E-state index in [1.165, 1.54) is 11.3 Å². The summed E-state index contributed by atoms with van der Waals surface area (Å²) >= 11 is 1.51. The van der Waals surface area contributed by atoms with E-state index in [4.69, 9.17) is 4.74 Å². The summed E-state index contributed by atoms with van der Waals surface area (Å²) in [6, 6.07) is 7.84. The number of thiazole rings is 1. The number of aromatic nitrogens is 1. The third-order valence-electron chi connectivity index (χ3n) is 2.14. The van der Waals surface area contributed by atoms with Gasteiger partial charge in [-0.2, -0.15) is 5.10 Å². The maximum absolute atomic E-state index is 5.56. The highest BCUT2D eigenvalue weighted by atomic mass is 32.1. The number of nitrogens with one attached hydrogen (secondary N) is 1. The minimum absolute atomic E-state index is 0.734. The van der Waals surface area contributed by atoms with Crippen LogP contribution in [0.3, 0.4) is 0 Å². The van der Waals surface area contributed by atoms with Crippen LogP contribution in [0.1, 0.15) is 18.9 Å². The molecule has 0 saturated carbocycles. The Kier molecular flexibility index (Phi) is 4.72. The van der Waals surface area contributed by atoms with Crippen molar-refractivity contribution in [1.29, 1.82) is 0 Å². The van der Waals surface area contributed by atoms with Gasteiger partial charge in [-0.05, 0) is 24.1 Å². The Morgan fingerprint density at radius 1 is 1.50 bits per heavy atom. The molecule has 0 unspecified atom stereocenters. The molecule has 1 heterocycles. The first-order chi connectivity index (χ1) is 8.88. The van der Waals surface area contributed by atoms with E-state index in [0.717, 1.165) is 29.5 Å². The topological polar surface area (TPSA) is 46.5 Å². The number of anilines is 1. The molecule has 0 aliphatic heterocycles. The van der Waals surface area contributed by atoms with Gasteiger partial charge in [0.25, 0.3) is 0 Å². The number of benzene rings is 1. The number of hydrazone groups is 1. The monoisotopic (exact) mass is 261 g/mol. The van der Waals surface area contributed by atoms with E-state index in [0.29, 0.717) is 0 Å². The predicted molar refractivity (Wildman–Crippen MR) is 75.6 cm³/mol. The van der Waals surface area contributed by atoms with Crippen LogP contribution in [0, 0.1) is 0 Å². The molecule has 1 N–H and O–H groups in total. The van der Waals surface area contributed by atoms with Gasteiger partial charge in [0.15, 0.2) is 0 Å². The molecule has 0 bridgehead atoms. The number of hydrogen-bond donors (Lipinski definition) is 1. The Morgan fingerprint density at radius 3 is 3.22 bits per heavy atom. The van der Waals surface area contributed by atoms with Gasteiger partial charge in [0.05, 0.1) is 12.8 Å². The molecular weight excluding hydrogens is 246 g/mol. The van der Waals surface area contributed by atoms with Crippen molar-refractivity contribution in [2.75, 3.05) is 12.0 Å². The SMILES string of the molecule is CCCOc1cccc(/C=N/Nc2nccs2)c1. The van der Waals surface area contributed by atoms with Crippen molar-refractivity contribution in [3.8, 4) is 5.75 Å². The minimum Gasteiger partial charge on any atom is -0.494 e. The van der Waals surface area contributed by atoms with Crippen LogP contribution in [0.25, 0.3) is 0 Å². The lowest BCUT2D eigenvalue weighted by atomic mass is 10.2. The molecule has 5 heteroatoms. The lowest BCUT2D eigenvalue weighted by Crippen LogP contribution is -1.96. The lowest BCUT2D eigenvalue weighted by molar-refractivity contribution is 0.317. The van der Waals surface area contributed by atoms with Crippen LogP contribution in [0.2, 0.25) is 0 Å². The fourth-order valence-corrected chi connectivity index (χ4v) is 1.82. The second-order valence-corrected chi connectivity index (χ2v) is 4.52. The third kappa shape index (κ3) is 3.85. The summed E-state index contributed by atoms with van der Waals surface area (Å²) in [5.74, 6) is 0.870. The van der Waals surface area contributed by atoms with E-state index in [2.05, 4.69) is 22.4 Å². The van der Waals surface area contributed by atoms with E-state index in [1.807, 2.05) is 29.6 Å². The first-order valence-corrected chi connectivity index (χ1v) is 6.68. The van der Waals surface area contributed by atoms with Crippen molar-refractivity contribution in [3.63, 3.8) is 0 Å². The molecule has 2 aromatic rings. The average Bonchev–Trinajstić information content (AvgIpc) is 2.90. The predicted octanol–water partition coefficient (Wildman–Crippen LogP) is 3.38. The Labute approximate surface area is 110 Å². The number of nitrogens with zero attached hydrogens (tertiary/aromatic N) is 2. The highest BCUT2D eigenvalue weighted by Crippen LogP contribution is 2.13. The van der Waals surface area contributed by atoms with Gasteiger partial charge in [-0.25, -0.2) is 4.98 Å². The zero-order chi connectivity index (χ0) is 12.6. The highest BCUT2D eigenvalue weighted by Gasteiger charge is 1.94. The van der Waals surface area contributed by atoms with E-state index in [1.54, 1.807) is 12.4 Å². The number of ether oxygens (including phenoxy) is 1. The zero-order valence-corrected chi connectivity index (χ0v) is 11.0. The quantitative estimate of drug-likeness (QED) is 0.640. The molecule has 4 nitrogen and oxygen atoms in total. The summed E-state index contributed by atoms with van der Waals surface area (Å²) < 4.78 is 5.56. The average molecular weight is 261 g/mol. The van der Waals surface area contributed by atoms with E-state index in [9.17, 15) is 0 Å². The molecular formula is C13H15N3OS. The van der Waals surface area contributed by atoms with Gasteiger partial charge in [0.1, 0.15) is 5.75 Å². The van der Waals surface area contributed by atoms with Crippen LogP contribution in [-0.2, 0) is 0 Å². The molecule has 0 atom stereocenters. The number of hydrogen-bond acceptors (Lipinski definition) is 5. The summed E-state index contributed by atoms with van der Waals surface area (Å²) in [6.45, 7) is 2.82. The zero-order valence-electron chi connectivity index (χ0n) is 10.2. The van der Waals surface area contributed by atoms with Gasteiger partial charge in [-0.3, -0.25) is 5.43 Å². The van der Waals surface area contributed by atoms with Crippen LogP contribution in [0.5, 0.6) is 5.75 Å². The molecule has 0 saturated heterocycles. The summed E-state index contributed by atoms with van der Waals surface area (Å²) in [4.78, 5) is 4.07. The van der Waals surface area contributed by atoms with Crippen LogP contribution in [0.15, 0.2) is 40.9 Å².